The molecular formula is C13H14FNO2S. The first kappa shape index (κ1) is 13.1. The molecule has 1 aliphatic rings. The second-order valence-electron chi connectivity index (χ2n) is 4.17. The van der Waals surface area contributed by atoms with Crippen molar-refractivity contribution in [2.24, 2.45) is 0 Å². The fourth-order valence-corrected chi connectivity index (χ4v) is 2.64. The number of ketones is 1. The maximum Gasteiger partial charge on any atom is 0.232 e. The molecule has 0 saturated carbocycles. The molecule has 1 aromatic carbocycles. The predicted octanol–water partition coefficient (Wildman–Crippen LogP) is 2.11. The zero-order chi connectivity index (χ0) is 13.0. The minimum Gasteiger partial charge on any atom is -0.341 e. The number of Topliss-reactive ketones (excluding diaryl/α,β-unsaturated/α-hetero) is 1. The van der Waals surface area contributed by atoms with Crippen LogP contribution in [-0.4, -0.2) is 35.4 Å². The van der Waals surface area contributed by atoms with Crippen LogP contribution in [0.3, 0.4) is 0 Å². The Kier molecular flexibility index (Phi) is 4.36. The first-order chi connectivity index (χ1) is 8.65. The highest BCUT2D eigenvalue weighted by Crippen LogP contribution is 2.19. The summed E-state index contributed by atoms with van der Waals surface area (Å²) in [7, 11) is 0. The van der Waals surface area contributed by atoms with E-state index in [1.54, 1.807) is 17.0 Å². The number of carbonyl (C=O) groups excluding carboxylic acids is 2. The lowest BCUT2D eigenvalue weighted by Gasteiger charge is -2.25. The highest BCUT2D eigenvalue weighted by Gasteiger charge is 2.20. The second kappa shape index (κ2) is 6.00. The van der Waals surface area contributed by atoms with E-state index in [1.165, 1.54) is 23.9 Å². The van der Waals surface area contributed by atoms with Crippen molar-refractivity contribution in [1.82, 2.24) is 4.90 Å². The van der Waals surface area contributed by atoms with Crippen LogP contribution in [-0.2, 0) is 9.59 Å². The minimum atomic E-state index is -0.295. The third kappa shape index (κ3) is 3.57. The first-order valence-electron chi connectivity index (χ1n) is 5.83. The van der Waals surface area contributed by atoms with Crippen LogP contribution in [0, 0.1) is 5.82 Å². The fraction of sp³-hybridized carbons (Fsp3) is 0.385. The van der Waals surface area contributed by atoms with Gasteiger partial charge in [-0.3, -0.25) is 9.59 Å². The molecule has 5 heteroatoms. The van der Waals surface area contributed by atoms with Gasteiger partial charge in [-0.25, -0.2) is 4.39 Å². The third-order valence-corrected chi connectivity index (χ3v) is 3.81. The fourth-order valence-electron chi connectivity index (χ4n) is 1.80. The topological polar surface area (TPSA) is 37.4 Å². The Balaban J connectivity index is 1.83. The van der Waals surface area contributed by atoms with E-state index in [1.807, 2.05) is 0 Å². The summed E-state index contributed by atoms with van der Waals surface area (Å²) in [6, 6.07) is 6.20. The monoisotopic (exact) mass is 267 g/mol. The Bertz CT molecular complexity index is 454. The van der Waals surface area contributed by atoms with Crippen molar-refractivity contribution in [1.29, 1.82) is 0 Å². The van der Waals surface area contributed by atoms with E-state index in [2.05, 4.69) is 0 Å². The molecule has 0 unspecified atom stereocenters. The van der Waals surface area contributed by atoms with Gasteiger partial charge in [0.05, 0.1) is 5.75 Å². The zero-order valence-electron chi connectivity index (χ0n) is 9.89. The van der Waals surface area contributed by atoms with Crippen LogP contribution in [0.15, 0.2) is 29.2 Å². The van der Waals surface area contributed by atoms with Crippen LogP contribution in [0.1, 0.15) is 12.8 Å². The molecule has 0 aromatic heterocycles. The summed E-state index contributed by atoms with van der Waals surface area (Å²) >= 11 is 1.32. The van der Waals surface area contributed by atoms with Crippen LogP contribution in [0.4, 0.5) is 4.39 Å². The Hall–Kier alpha value is -1.36. The maximum atomic E-state index is 12.9. The van der Waals surface area contributed by atoms with E-state index in [0.29, 0.717) is 25.9 Å². The van der Waals surface area contributed by atoms with E-state index >= 15 is 0 Å². The average molecular weight is 267 g/mol. The van der Waals surface area contributed by atoms with Gasteiger partial charge >= 0.3 is 0 Å². The highest BCUT2D eigenvalue weighted by molar-refractivity contribution is 8.00. The third-order valence-electron chi connectivity index (χ3n) is 2.83. The number of hydrogen-bond acceptors (Lipinski definition) is 3. The van der Waals surface area contributed by atoms with Crippen molar-refractivity contribution < 1.29 is 14.0 Å². The zero-order valence-corrected chi connectivity index (χ0v) is 10.7. The summed E-state index contributed by atoms with van der Waals surface area (Å²) in [5, 5.41) is 0. The van der Waals surface area contributed by atoms with Gasteiger partial charge in [0.2, 0.25) is 5.91 Å². The van der Waals surface area contributed by atoms with Crippen LogP contribution < -0.4 is 0 Å². The van der Waals surface area contributed by atoms with E-state index < -0.39 is 0 Å². The normalized spacial score (nSPS) is 15.8. The molecule has 0 N–H and O–H groups in total. The SMILES string of the molecule is O=C1CCN(C(=O)CSc2cccc(F)c2)CC1. The number of nitrogens with zero attached hydrogens (tertiary/aromatic N) is 1. The Morgan fingerprint density at radius 3 is 2.72 bits per heavy atom. The van der Waals surface area contributed by atoms with Gasteiger partial charge < -0.3 is 4.90 Å². The molecule has 0 atom stereocenters. The minimum absolute atomic E-state index is 0.0109. The number of rotatable bonds is 3. The number of benzene rings is 1. The summed E-state index contributed by atoms with van der Waals surface area (Å²) in [6.45, 7) is 1.03. The Morgan fingerprint density at radius 1 is 1.33 bits per heavy atom. The first-order valence-corrected chi connectivity index (χ1v) is 6.81. The molecule has 2 rings (SSSR count). The summed E-state index contributed by atoms with van der Waals surface area (Å²) in [4.78, 5) is 25.4. The average Bonchev–Trinajstić information content (AvgIpc) is 2.37. The van der Waals surface area contributed by atoms with Crippen molar-refractivity contribution in [2.45, 2.75) is 17.7 Å². The Labute approximate surface area is 109 Å². The summed E-state index contributed by atoms with van der Waals surface area (Å²) in [5.74, 6) is 0.224. The van der Waals surface area contributed by atoms with Crippen molar-refractivity contribution in [3.63, 3.8) is 0 Å². The van der Waals surface area contributed by atoms with Crippen LogP contribution >= 0.6 is 11.8 Å². The summed E-state index contributed by atoms with van der Waals surface area (Å²) < 4.78 is 12.9. The lowest BCUT2D eigenvalue weighted by atomic mass is 10.1. The molecule has 1 amide bonds. The number of piperidine rings is 1. The predicted molar refractivity (Wildman–Crippen MR) is 67.9 cm³/mol. The molecule has 96 valence electrons. The van der Waals surface area contributed by atoms with Gasteiger partial charge in [0, 0.05) is 30.8 Å². The molecule has 1 fully saturated rings. The number of halogens is 1. The number of carbonyl (C=O) groups is 2. The molecule has 0 bridgehead atoms. The smallest absolute Gasteiger partial charge is 0.232 e. The summed E-state index contributed by atoms with van der Waals surface area (Å²) in [5.41, 5.74) is 0. The molecule has 0 spiro atoms. The van der Waals surface area contributed by atoms with Gasteiger partial charge in [0.25, 0.3) is 0 Å². The van der Waals surface area contributed by atoms with E-state index in [4.69, 9.17) is 0 Å². The van der Waals surface area contributed by atoms with Crippen molar-refractivity contribution >= 4 is 23.5 Å². The number of amides is 1. The molecule has 3 nitrogen and oxygen atoms in total. The second-order valence-corrected chi connectivity index (χ2v) is 5.21. The number of hydrogen-bond donors (Lipinski definition) is 0. The number of thioether (sulfide) groups is 1. The van der Waals surface area contributed by atoms with Gasteiger partial charge in [-0.2, -0.15) is 0 Å². The van der Waals surface area contributed by atoms with E-state index in [0.717, 1.165) is 4.90 Å². The van der Waals surface area contributed by atoms with Crippen LogP contribution in [0.5, 0.6) is 0 Å². The molecule has 0 aliphatic carbocycles. The molecule has 1 aromatic rings. The highest BCUT2D eigenvalue weighted by atomic mass is 32.2. The number of likely N-dealkylation sites (tertiary alicyclic amines) is 1. The molecule has 1 aliphatic heterocycles. The Morgan fingerprint density at radius 2 is 2.06 bits per heavy atom. The van der Waals surface area contributed by atoms with Gasteiger partial charge in [0.1, 0.15) is 11.6 Å². The molecule has 1 saturated heterocycles. The van der Waals surface area contributed by atoms with Gasteiger partial charge in [-0.15, -0.1) is 11.8 Å². The quantitative estimate of drug-likeness (QED) is 0.787. The largest absolute Gasteiger partial charge is 0.341 e. The molecule has 18 heavy (non-hydrogen) atoms. The van der Waals surface area contributed by atoms with E-state index in [-0.39, 0.29) is 23.3 Å². The van der Waals surface area contributed by atoms with Crippen molar-refractivity contribution in [2.75, 3.05) is 18.8 Å². The molecular weight excluding hydrogens is 253 g/mol. The van der Waals surface area contributed by atoms with Gasteiger partial charge in [0.15, 0.2) is 0 Å². The van der Waals surface area contributed by atoms with Crippen LogP contribution in [0.25, 0.3) is 0 Å². The van der Waals surface area contributed by atoms with Gasteiger partial charge in [-0.1, -0.05) is 6.07 Å². The molecule has 0 radical (unpaired) electrons. The van der Waals surface area contributed by atoms with E-state index in [9.17, 15) is 14.0 Å². The maximum absolute atomic E-state index is 12.9. The lowest BCUT2D eigenvalue weighted by molar-refractivity contribution is -0.132. The molecule has 1 heterocycles. The standard InChI is InChI=1S/C13H14FNO2S/c14-10-2-1-3-12(8-10)18-9-13(17)15-6-4-11(16)5-7-15/h1-3,8H,4-7,9H2. The van der Waals surface area contributed by atoms with Crippen molar-refractivity contribution in [3.05, 3.63) is 30.1 Å². The van der Waals surface area contributed by atoms with Crippen LogP contribution in [0.2, 0.25) is 0 Å². The van der Waals surface area contributed by atoms with Crippen molar-refractivity contribution in [3.8, 4) is 0 Å². The summed E-state index contributed by atoms with van der Waals surface area (Å²) in [6.07, 6.45) is 0.909. The van der Waals surface area contributed by atoms with Gasteiger partial charge in [-0.05, 0) is 18.2 Å². The lowest BCUT2D eigenvalue weighted by Crippen LogP contribution is -2.39.